The number of unbranched alkanes of at least 4 members (excludes halogenated alkanes) is 1. The summed E-state index contributed by atoms with van der Waals surface area (Å²) in [6, 6.07) is 10.2. The van der Waals surface area contributed by atoms with Crippen molar-refractivity contribution in [2.75, 3.05) is 13.6 Å². The fourth-order valence-electron chi connectivity index (χ4n) is 1.98. The summed E-state index contributed by atoms with van der Waals surface area (Å²) in [6.45, 7) is 0.508. The summed E-state index contributed by atoms with van der Waals surface area (Å²) in [5.41, 5.74) is 1.28. The average Bonchev–Trinajstić information content (AvgIpc) is 2.99. The highest BCUT2D eigenvalue weighted by Crippen LogP contribution is 2.11. The molecule has 0 aliphatic rings. The second-order valence-electron chi connectivity index (χ2n) is 4.69. The molecule has 1 aromatic carbocycles. The van der Waals surface area contributed by atoms with Crippen molar-refractivity contribution in [1.82, 2.24) is 14.3 Å². The summed E-state index contributed by atoms with van der Waals surface area (Å²) in [6.07, 6.45) is 5.47. The van der Waals surface area contributed by atoms with E-state index in [4.69, 9.17) is 0 Å². The van der Waals surface area contributed by atoms with E-state index in [0.717, 1.165) is 19.3 Å². The van der Waals surface area contributed by atoms with Crippen LogP contribution in [0.4, 0.5) is 0 Å². The largest absolute Gasteiger partial charge is 0.335 e. The van der Waals surface area contributed by atoms with Crippen molar-refractivity contribution < 1.29 is 8.42 Å². The Labute approximate surface area is 119 Å². The van der Waals surface area contributed by atoms with E-state index in [9.17, 15) is 8.42 Å². The molecule has 2 rings (SSSR count). The third-order valence-corrected chi connectivity index (χ3v) is 4.97. The number of aromatic amines is 1. The Bertz CT molecular complexity index is 609. The number of nitrogens with zero attached hydrogens (tertiary/aromatic N) is 2. The van der Waals surface area contributed by atoms with Crippen LogP contribution in [0.2, 0.25) is 0 Å². The zero-order valence-electron chi connectivity index (χ0n) is 11.5. The molecule has 6 heteroatoms. The molecule has 1 heterocycles. The van der Waals surface area contributed by atoms with E-state index >= 15 is 0 Å². The monoisotopic (exact) mass is 293 g/mol. The van der Waals surface area contributed by atoms with Gasteiger partial charge in [0.1, 0.15) is 0 Å². The molecule has 20 heavy (non-hydrogen) atoms. The fourth-order valence-corrected chi connectivity index (χ4v) is 3.08. The predicted octanol–water partition coefficient (Wildman–Crippen LogP) is 2.05. The maximum atomic E-state index is 12.1. The number of nitrogens with one attached hydrogen (secondary N) is 1. The number of H-pyrrole nitrogens is 1. The van der Waals surface area contributed by atoms with Crippen molar-refractivity contribution in [2.45, 2.75) is 24.3 Å². The van der Waals surface area contributed by atoms with Crippen molar-refractivity contribution >= 4 is 10.0 Å². The molecule has 0 saturated heterocycles. The molecule has 0 saturated carbocycles. The second-order valence-corrected chi connectivity index (χ2v) is 6.70. The van der Waals surface area contributed by atoms with Gasteiger partial charge in [0.2, 0.25) is 0 Å². The van der Waals surface area contributed by atoms with Gasteiger partial charge < -0.3 is 4.98 Å². The standard InChI is InChI=1S/C14H19N3O2S/c1-17(20(18,19)14-11-15-12-16-14)10-6-5-9-13-7-3-2-4-8-13/h2-4,7-8,11-12H,5-6,9-10H2,1H3,(H,15,16). The summed E-state index contributed by atoms with van der Waals surface area (Å²) >= 11 is 0. The Kier molecular flexibility index (Phi) is 4.92. The summed E-state index contributed by atoms with van der Waals surface area (Å²) < 4.78 is 25.6. The van der Waals surface area contributed by atoms with E-state index in [0.29, 0.717) is 6.54 Å². The molecule has 0 bridgehead atoms. The van der Waals surface area contributed by atoms with E-state index < -0.39 is 10.0 Å². The Balaban J connectivity index is 1.80. The molecule has 0 fully saturated rings. The lowest BCUT2D eigenvalue weighted by molar-refractivity contribution is 0.453. The minimum absolute atomic E-state index is 0.142. The van der Waals surface area contributed by atoms with Crippen LogP contribution in [0.5, 0.6) is 0 Å². The van der Waals surface area contributed by atoms with Crippen molar-refractivity contribution in [3.05, 3.63) is 48.4 Å². The fraction of sp³-hybridized carbons (Fsp3) is 0.357. The van der Waals surface area contributed by atoms with Crippen LogP contribution in [0.15, 0.2) is 47.9 Å². The van der Waals surface area contributed by atoms with Gasteiger partial charge in [-0.05, 0) is 24.8 Å². The van der Waals surface area contributed by atoms with Gasteiger partial charge in [-0.1, -0.05) is 30.3 Å². The number of aromatic nitrogens is 2. The second kappa shape index (κ2) is 6.67. The molecule has 108 valence electrons. The third kappa shape index (κ3) is 3.68. The first-order valence-electron chi connectivity index (χ1n) is 6.59. The van der Waals surface area contributed by atoms with Crippen LogP contribution in [0.25, 0.3) is 0 Å². The number of benzene rings is 1. The molecule has 1 N–H and O–H groups in total. The van der Waals surface area contributed by atoms with Gasteiger partial charge in [0.05, 0.1) is 12.5 Å². The molecule has 5 nitrogen and oxygen atoms in total. The maximum Gasteiger partial charge on any atom is 0.259 e. The van der Waals surface area contributed by atoms with E-state index in [1.54, 1.807) is 7.05 Å². The van der Waals surface area contributed by atoms with E-state index in [-0.39, 0.29) is 5.03 Å². The highest BCUT2D eigenvalue weighted by molar-refractivity contribution is 7.89. The van der Waals surface area contributed by atoms with Crippen molar-refractivity contribution in [1.29, 1.82) is 0 Å². The predicted molar refractivity (Wildman–Crippen MR) is 77.8 cm³/mol. The topological polar surface area (TPSA) is 66.1 Å². The van der Waals surface area contributed by atoms with Gasteiger partial charge in [-0.3, -0.25) is 0 Å². The Hall–Kier alpha value is -1.66. The highest BCUT2D eigenvalue weighted by Gasteiger charge is 2.21. The number of hydrogen-bond donors (Lipinski definition) is 1. The van der Waals surface area contributed by atoms with Crippen LogP contribution in [0.3, 0.4) is 0 Å². The highest BCUT2D eigenvalue weighted by atomic mass is 32.2. The quantitative estimate of drug-likeness (QED) is 0.795. The van der Waals surface area contributed by atoms with Crippen molar-refractivity contribution in [3.63, 3.8) is 0 Å². The Morgan fingerprint density at radius 1 is 1.20 bits per heavy atom. The van der Waals surface area contributed by atoms with Crippen LogP contribution in [0.1, 0.15) is 18.4 Å². The molecule has 0 unspecified atom stereocenters. The van der Waals surface area contributed by atoms with Crippen molar-refractivity contribution in [3.8, 4) is 0 Å². The van der Waals surface area contributed by atoms with Crippen molar-refractivity contribution in [2.24, 2.45) is 0 Å². The summed E-state index contributed by atoms with van der Waals surface area (Å²) in [5.74, 6) is 0. The van der Waals surface area contributed by atoms with Crippen LogP contribution >= 0.6 is 0 Å². The van der Waals surface area contributed by atoms with Crippen LogP contribution in [-0.4, -0.2) is 36.3 Å². The number of sulfonamides is 1. The summed E-state index contributed by atoms with van der Waals surface area (Å²) in [5, 5.41) is 0.142. The average molecular weight is 293 g/mol. The zero-order chi connectivity index (χ0) is 14.4. The van der Waals surface area contributed by atoms with Crippen LogP contribution in [0, 0.1) is 0 Å². The molecular formula is C14H19N3O2S. The molecule has 0 atom stereocenters. The molecule has 0 aliphatic carbocycles. The molecule has 2 aromatic rings. The first kappa shape index (κ1) is 14.7. The lowest BCUT2D eigenvalue weighted by Crippen LogP contribution is -2.28. The van der Waals surface area contributed by atoms with Gasteiger partial charge >= 0.3 is 0 Å². The SMILES string of the molecule is CN(CCCCc1ccccc1)S(=O)(=O)c1cnc[nH]1. The summed E-state index contributed by atoms with van der Waals surface area (Å²) in [7, 11) is -1.83. The Morgan fingerprint density at radius 2 is 1.95 bits per heavy atom. The third-order valence-electron chi connectivity index (χ3n) is 3.19. The van der Waals surface area contributed by atoms with Gasteiger partial charge in [-0.2, -0.15) is 4.31 Å². The van der Waals surface area contributed by atoms with Crippen LogP contribution in [-0.2, 0) is 16.4 Å². The summed E-state index contributed by atoms with van der Waals surface area (Å²) in [4.78, 5) is 6.38. The maximum absolute atomic E-state index is 12.1. The Morgan fingerprint density at radius 3 is 2.60 bits per heavy atom. The lowest BCUT2D eigenvalue weighted by Gasteiger charge is -2.15. The molecule has 0 amide bonds. The normalized spacial score (nSPS) is 11.9. The van der Waals surface area contributed by atoms with Gasteiger partial charge in [-0.15, -0.1) is 0 Å². The van der Waals surface area contributed by atoms with Gasteiger partial charge in [0.15, 0.2) is 5.03 Å². The molecular weight excluding hydrogens is 274 g/mol. The smallest absolute Gasteiger partial charge is 0.259 e. The number of aryl methyl sites for hydroxylation is 1. The number of rotatable bonds is 7. The minimum Gasteiger partial charge on any atom is -0.335 e. The zero-order valence-corrected chi connectivity index (χ0v) is 12.3. The first-order valence-corrected chi connectivity index (χ1v) is 8.03. The minimum atomic E-state index is -3.43. The van der Waals surface area contributed by atoms with E-state index in [1.807, 2.05) is 18.2 Å². The van der Waals surface area contributed by atoms with Gasteiger partial charge in [-0.25, -0.2) is 13.4 Å². The molecule has 0 aliphatic heterocycles. The number of imidazole rings is 1. The van der Waals surface area contributed by atoms with E-state index in [2.05, 4.69) is 22.1 Å². The number of hydrogen-bond acceptors (Lipinski definition) is 3. The van der Waals surface area contributed by atoms with Crippen LogP contribution < -0.4 is 0 Å². The lowest BCUT2D eigenvalue weighted by atomic mass is 10.1. The van der Waals surface area contributed by atoms with E-state index in [1.165, 1.54) is 22.4 Å². The molecule has 1 aromatic heterocycles. The van der Waals surface area contributed by atoms with Gasteiger partial charge in [0, 0.05) is 13.6 Å². The van der Waals surface area contributed by atoms with Gasteiger partial charge in [0.25, 0.3) is 10.0 Å². The molecule has 0 spiro atoms. The first-order chi connectivity index (χ1) is 9.60. The molecule has 0 radical (unpaired) electrons.